The van der Waals surface area contributed by atoms with Gasteiger partial charge in [0.15, 0.2) is 0 Å². The summed E-state index contributed by atoms with van der Waals surface area (Å²) in [6.45, 7) is 3.92. The molecule has 20 heavy (non-hydrogen) atoms. The quantitative estimate of drug-likeness (QED) is 0.871. The highest BCUT2D eigenvalue weighted by atomic mass is 79.9. The van der Waals surface area contributed by atoms with Crippen LogP contribution in [-0.4, -0.2) is 19.2 Å². The predicted molar refractivity (Wildman–Crippen MR) is 87.9 cm³/mol. The molecule has 2 nitrogen and oxygen atoms in total. The van der Waals surface area contributed by atoms with Crippen molar-refractivity contribution in [1.82, 2.24) is 5.32 Å². The van der Waals surface area contributed by atoms with E-state index in [1.165, 1.54) is 14.9 Å². The zero-order chi connectivity index (χ0) is 13.9. The van der Waals surface area contributed by atoms with E-state index in [9.17, 15) is 0 Å². The molecule has 3 rings (SSSR count). The maximum atomic E-state index is 5.84. The SMILES string of the molecule is CCNC(Cc1sccc1Br)C1COc2ccccc21. The molecule has 2 unspecified atom stereocenters. The Bertz CT molecular complexity index is 583. The van der Waals surface area contributed by atoms with E-state index in [1.54, 1.807) is 0 Å². The number of para-hydroxylation sites is 1. The Morgan fingerprint density at radius 1 is 1.40 bits per heavy atom. The van der Waals surface area contributed by atoms with Crippen LogP contribution in [0.25, 0.3) is 0 Å². The number of ether oxygens (including phenoxy) is 1. The van der Waals surface area contributed by atoms with Crippen molar-refractivity contribution in [3.8, 4) is 5.75 Å². The Balaban J connectivity index is 1.83. The normalized spacial score (nSPS) is 18.6. The first-order chi connectivity index (χ1) is 9.79. The molecular formula is C16H18BrNOS. The highest BCUT2D eigenvalue weighted by molar-refractivity contribution is 9.10. The molecule has 106 valence electrons. The van der Waals surface area contributed by atoms with E-state index >= 15 is 0 Å². The van der Waals surface area contributed by atoms with Crippen molar-refractivity contribution in [2.24, 2.45) is 0 Å². The second-order valence-corrected chi connectivity index (χ2v) is 6.87. The van der Waals surface area contributed by atoms with Crippen molar-refractivity contribution in [1.29, 1.82) is 0 Å². The Morgan fingerprint density at radius 2 is 2.25 bits per heavy atom. The van der Waals surface area contributed by atoms with Crippen molar-refractivity contribution in [2.45, 2.75) is 25.3 Å². The van der Waals surface area contributed by atoms with Crippen LogP contribution in [0.2, 0.25) is 0 Å². The van der Waals surface area contributed by atoms with Gasteiger partial charge in [0, 0.05) is 26.9 Å². The highest BCUT2D eigenvalue weighted by Gasteiger charge is 2.31. The van der Waals surface area contributed by atoms with Gasteiger partial charge in [-0.1, -0.05) is 25.1 Å². The van der Waals surface area contributed by atoms with Gasteiger partial charge in [0.25, 0.3) is 0 Å². The fourth-order valence-corrected chi connectivity index (χ4v) is 4.38. The van der Waals surface area contributed by atoms with Gasteiger partial charge in [0.2, 0.25) is 0 Å². The lowest BCUT2D eigenvalue weighted by atomic mass is 9.91. The summed E-state index contributed by atoms with van der Waals surface area (Å²) in [7, 11) is 0. The van der Waals surface area contributed by atoms with Crippen molar-refractivity contribution in [2.75, 3.05) is 13.2 Å². The number of halogens is 1. The first-order valence-corrected chi connectivity index (χ1v) is 8.64. The van der Waals surface area contributed by atoms with Crippen LogP contribution in [0.5, 0.6) is 5.75 Å². The fourth-order valence-electron chi connectivity index (χ4n) is 2.81. The number of thiophene rings is 1. The minimum Gasteiger partial charge on any atom is -0.493 e. The Hall–Kier alpha value is -0.840. The Labute approximate surface area is 132 Å². The molecule has 2 atom stereocenters. The smallest absolute Gasteiger partial charge is 0.122 e. The average molecular weight is 352 g/mol. The number of fused-ring (bicyclic) bond motifs is 1. The van der Waals surface area contributed by atoms with Crippen LogP contribution in [0.3, 0.4) is 0 Å². The lowest BCUT2D eigenvalue weighted by molar-refractivity contribution is 0.298. The standard InChI is InChI=1S/C16H18BrNOS/c1-2-18-14(9-16-13(17)7-8-20-16)12-10-19-15-6-4-3-5-11(12)15/h3-8,12,14,18H,2,9-10H2,1H3. The Kier molecular flexibility index (Phi) is 4.44. The van der Waals surface area contributed by atoms with Crippen molar-refractivity contribution in [3.63, 3.8) is 0 Å². The van der Waals surface area contributed by atoms with Crippen LogP contribution in [0.1, 0.15) is 23.3 Å². The molecule has 1 aliphatic rings. The van der Waals surface area contributed by atoms with E-state index in [1.807, 2.05) is 17.4 Å². The van der Waals surface area contributed by atoms with Crippen molar-refractivity contribution < 1.29 is 4.74 Å². The van der Waals surface area contributed by atoms with Crippen LogP contribution in [0.15, 0.2) is 40.2 Å². The van der Waals surface area contributed by atoms with Crippen LogP contribution < -0.4 is 10.1 Å². The molecule has 1 N–H and O–H groups in total. The highest BCUT2D eigenvalue weighted by Crippen LogP contribution is 2.37. The molecule has 2 heterocycles. The van der Waals surface area contributed by atoms with E-state index in [-0.39, 0.29) is 0 Å². The first-order valence-electron chi connectivity index (χ1n) is 6.96. The number of rotatable bonds is 5. The number of likely N-dealkylation sites (N-methyl/N-ethyl adjacent to an activating group) is 1. The number of benzene rings is 1. The minimum absolute atomic E-state index is 0.415. The van der Waals surface area contributed by atoms with Crippen molar-refractivity contribution in [3.05, 3.63) is 50.6 Å². The molecule has 1 aromatic heterocycles. The third-order valence-electron chi connectivity index (χ3n) is 3.79. The van der Waals surface area contributed by atoms with Crippen LogP contribution in [0, 0.1) is 0 Å². The molecule has 1 aliphatic heterocycles. The van der Waals surface area contributed by atoms with Gasteiger partial charge in [-0.2, -0.15) is 0 Å². The molecule has 0 amide bonds. The van der Waals surface area contributed by atoms with E-state index in [0.29, 0.717) is 12.0 Å². The minimum atomic E-state index is 0.415. The topological polar surface area (TPSA) is 21.3 Å². The molecule has 0 saturated carbocycles. The lowest BCUT2D eigenvalue weighted by Gasteiger charge is -2.23. The largest absolute Gasteiger partial charge is 0.493 e. The molecule has 0 fully saturated rings. The molecule has 0 saturated heterocycles. The van der Waals surface area contributed by atoms with Crippen molar-refractivity contribution >= 4 is 27.3 Å². The molecule has 0 bridgehead atoms. The molecule has 0 radical (unpaired) electrons. The molecule has 0 aliphatic carbocycles. The van der Waals surface area contributed by atoms with Gasteiger partial charge in [-0.05, 0) is 46.4 Å². The van der Waals surface area contributed by atoms with Gasteiger partial charge in [0.05, 0.1) is 6.61 Å². The van der Waals surface area contributed by atoms with Gasteiger partial charge < -0.3 is 10.1 Å². The molecule has 1 aromatic carbocycles. The van der Waals surface area contributed by atoms with Crippen LogP contribution in [0.4, 0.5) is 0 Å². The van der Waals surface area contributed by atoms with Gasteiger partial charge in [-0.25, -0.2) is 0 Å². The zero-order valence-corrected chi connectivity index (χ0v) is 13.8. The van der Waals surface area contributed by atoms with Crippen LogP contribution >= 0.6 is 27.3 Å². The van der Waals surface area contributed by atoms with E-state index in [0.717, 1.165) is 25.3 Å². The summed E-state index contributed by atoms with van der Waals surface area (Å²) >= 11 is 5.45. The van der Waals surface area contributed by atoms with Gasteiger partial charge in [-0.15, -0.1) is 11.3 Å². The second kappa shape index (κ2) is 6.29. The average Bonchev–Trinajstić information content (AvgIpc) is 3.05. The number of hydrogen-bond acceptors (Lipinski definition) is 3. The summed E-state index contributed by atoms with van der Waals surface area (Å²) in [5.74, 6) is 1.48. The molecular weight excluding hydrogens is 334 g/mol. The van der Waals surface area contributed by atoms with Gasteiger partial charge >= 0.3 is 0 Å². The van der Waals surface area contributed by atoms with Crippen LogP contribution in [-0.2, 0) is 6.42 Å². The monoisotopic (exact) mass is 351 g/mol. The van der Waals surface area contributed by atoms with E-state index < -0.39 is 0 Å². The maximum absolute atomic E-state index is 5.84. The molecule has 4 heteroatoms. The third kappa shape index (κ3) is 2.78. The number of hydrogen-bond donors (Lipinski definition) is 1. The van der Waals surface area contributed by atoms with E-state index in [2.05, 4.69) is 57.8 Å². The summed E-state index contributed by atoms with van der Waals surface area (Å²) in [5, 5.41) is 5.78. The van der Waals surface area contributed by atoms with Gasteiger partial charge in [0.1, 0.15) is 5.75 Å². The third-order valence-corrected chi connectivity index (χ3v) is 5.73. The summed E-state index contributed by atoms with van der Waals surface area (Å²) < 4.78 is 7.06. The number of nitrogens with one attached hydrogen (secondary N) is 1. The molecule has 0 spiro atoms. The second-order valence-electron chi connectivity index (χ2n) is 5.02. The summed E-state index contributed by atoms with van der Waals surface area (Å²) in [5.41, 5.74) is 1.34. The van der Waals surface area contributed by atoms with Gasteiger partial charge in [-0.3, -0.25) is 0 Å². The predicted octanol–water partition coefficient (Wildman–Crippen LogP) is 4.21. The summed E-state index contributed by atoms with van der Waals surface area (Å²) in [4.78, 5) is 1.40. The first kappa shape index (κ1) is 14.1. The maximum Gasteiger partial charge on any atom is 0.122 e. The zero-order valence-electron chi connectivity index (χ0n) is 11.4. The van der Waals surface area contributed by atoms with E-state index in [4.69, 9.17) is 4.74 Å². The fraction of sp³-hybridized carbons (Fsp3) is 0.375. The summed E-state index contributed by atoms with van der Waals surface area (Å²) in [6, 6.07) is 10.9. The Morgan fingerprint density at radius 3 is 3.00 bits per heavy atom. The summed E-state index contributed by atoms with van der Waals surface area (Å²) in [6.07, 6.45) is 1.04. The lowest BCUT2D eigenvalue weighted by Crippen LogP contribution is -2.37. The molecule has 2 aromatic rings.